The zero-order valence-electron chi connectivity index (χ0n) is 8.60. The van der Waals surface area contributed by atoms with E-state index in [1.54, 1.807) is 19.1 Å². The Morgan fingerprint density at radius 2 is 1.94 bits per heavy atom. The molecular weight excluding hydrogens is 215 g/mol. The summed E-state index contributed by atoms with van der Waals surface area (Å²) in [6.45, 7) is 5.38. The number of fused-ring (bicyclic) bond motifs is 1. The standard InChI is InChI=1S/C12H9F3N/c1-7-6-8(2)16-11-9(7)4-3-5-10(11)12(13,14)15/h3-6H,1H2,2H3. The second-order valence-electron chi connectivity index (χ2n) is 3.62. The van der Waals surface area contributed by atoms with Crippen LogP contribution in [0, 0.1) is 13.8 Å². The lowest BCUT2D eigenvalue weighted by atomic mass is 10.0. The predicted octanol–water partition coefficient (Wildman–Crippen LogP) is 3.74. The average Bonchev–Trinajstić information content (AvgIpc) is 2.15. The largest absolute Gasteiger partial charge is 0.418 e. The van der Waals surface area contributed by atoms with Crippen LogP contribution in [0.2, 0.25) is 0 Å². The number of aryl methyl sites for hydroxylation is 1. The third kappa shape index (κ3) is 1.75. The molecule has 4 heteroatoms. The number of rotatable bonds is 0. The molecule has 0 aliphatic rings. The van der Waals surface area contributed by atoms with Crippen LogP contribution in [0.25, 0.3) is 10.9 Å². The van der Waals surface area contributed by atoms with Gasteiger partial charge in [0.1, 0.15) is 0 Å². The van der Waals surface area contributed by atoms with Crippen molar-refractivity contribution in [3.05, 3.63) is 48.0 Å². The van der Waals surface area contributed by atoms with Crippen LogP contribution in [0.3, 0.4) is 0 Å². The summed E-state index contributed by atoms with van der Waals surface area (Å²) in [6, 6.07) is 5.67. The van der Waals surface area contributed by atoms with Crippen molar-refractivity contribution >= 4 is 10.9 Å². The number of aromatic nitrogens is 1. The highest BCUT2D eigenvalue weighted by atomic mass is 19.4. The van der Waals surface area contributed by atoms with Crippen LogP contribution in [-0.2, 0) is 6.18 Å². The van der Waals surface area contributed by atoms with Crippen LogP contribution in [0.15, 0.2) is 24.3 Å². The molecule has 83 valence electrons. The number of hydrogen-bond acceptors (Lipinski definition) is 1. The summed E-state index contributed by atoms with van der Waals surface area (Å²) >= 11 is 0. The summed E-state index contributed by atoms with van der Waals surface area (Å²) in [5.41, 5.74) is 0.362. The first-order chi connectivity index (χ1) is 7.39. The number of benzene rings is 1. The molecule has 1 nitrogen and oxygen atoms in total. The first kappa shape index (κ1) is 10.9. The molecule has 0 spiro atoms. The maximum absolute atomic E-state index is 12.7. The van der Waals surface area contributed by atoms with Gasteiger partial charge in [0, 0.05) is 11.1 Å². The predicted molar refractivity (Wildman–Crippen MR) is 55.9 cm³/mol. The Balaban J connectivity index is 2.87. The Kier molecular flexibility index (Phi) is 2.37. The molecule has 0 aliphatic carbocycles. The Morgan fingerprint density at radius 3 is 2.56 bits per heavy atom. The molecule has 0 saturated carbocycles. The third-order valence-electron chi connectivity index (χ3n) is 2.36. The van der Waals surface area contributed by atoms with Gasteiger partial charge in [0.05, 0.1) is 11.1 Å². The molecule has 1 heterocycles. The van der Waals surface area contributed by atoms with Gasteiger partial charge in [0.2, 0.25) is 0 Å². The topological polar surface area (TPSA) is 12.9 Å². The van der Waals surface area contributed by atoms with E-state index in [4.69, 9.17) is 0 Å². The van der Waals surface area contributed by atoms with Crippen LogP contribution >= 0.6 is 0 Å². The normalized spacial score (nSPS) is 12.1. The van der Waals surface area contributed by atoms with Crippen molar-refractivity contribution in [3.63, 3.8) is 0 Å². The van der Waals surface area contributed by atoms with Crippen molar-refractivity contribution in [2.45, 2.75) is 13.1 Å². The number of hydrogen-bond donors (Lipinski definition) is 0. The van der Waals surface area contributed by atoms with E-state index in [0.29, 0.717) is 16.6 Å². The van der Waals surface area contributed by atoms with Gasteiger partial charge < -0.3 is 0 Å². The van der Waals surface area contributed by atoms with Gasteiger partial charge in [-0.25, -0.2) is 0 Å². The summed E-state index contributed by atoms with van der Waals surface area (Å²) in [6.07, 6.45) is -4.38. The minimum absolute atomic E-state index is 0.0278. The molecule has 0 saturated heterocycles. The maximum Gasteiger partial charge on any atom is 0.418 e. The molecule has 1 radical (unpaired) electrons. The van der Waals surface area contributed by atoms with Gasteiger partial charge in [-0.05, 0) is 31.5 Å². The van der Waals surface area contributed by atoms with Crippen molar-refractivity contribution in [3.8, 4) is 0 Å². The number of pyridine rings is 1. The van der Waals surface area contributed by atoms with E-state index in [-0.39, 0.29) is 5.52 Å². The van der Waals surface area contributed by atoms with Crippen LogP contribution < -0.4 is 0 Å². The smallest absolute Gasteiger partial charge is 0.252 e. The first-order valence-corrected chi connectivity index (χ1v) is 4.69. The summed E-state index contributed by atoms with van der Waals surface area (Å²) in [5, 5.41) is 0.445. The van der Waals surface area contributed by atoms with Crippen molar-refractivity contribution in [2.24, 2.45) is 0 Å². The van der Waals surface area contributed by atoms with Crippen LogP contribution in [0.4, 0.5) is 13.2 Å². The third-order valence-corrected chi connectivity index (χ3v) is 2.36. The fraction of sp³-hybridized carbons (Fsp3) is 0.167. The van der Waals surface area contributed by atoms with Crippen LogP contribution in [0.1, 0.15) is 16.8 Å². The molecule has 16 heavy (non-hydrogen) atoms. The first-order valence-electron chi connectivity index (χ1n) is 4.69. The Morgan fingerprint density at radius 1 is 1.25 bits per heavy atom. The van der Waals surface area contributed by atoms with E-state index in [2.05, 4.69) is 11.9 Å². The molecule has 0 bridgehead atoms. The lowest BCUT2D eigenvalue weighted by Crippen LogP contribution is -2.07. The lowest BCUT2D eigenvalue weighted by molar-refractivity contribution is -0.136. The summed E-state index contributed by atoms with van der Waals surface area (Å²) in [4.78, 5) is 3.94. The minimum atomic E-state index is -4.38. The van der Waals surface area contributed by atoms with Gasteiger partial charge in [-0.2, -0.15) is 13.2 Å². The maximum atomic E-state index is 12.7. The van der Waals surface area contributed by atoms with Crippen LogP contribution in [-0.4, -0.2) is 4.98 Å². The van der Waals surface area contributed by atoms with Gasteiger partial charge >= 0.3 is 6.18 Å². The molecule has 0 unspecified atom stereocenters. The lowest BCUT2D eigenvalue weighted by Gasteiger charge is -2.11. The zero-order valence-corrected chi connectivity index (χ0v) is 8.60. The molecular formula is C12H9F3N. The fourth-order valence-electron chi connectivity index (χ4n) is 1.69. The summed E-state index contributed by atoms with van der Waals surface area (Å²) in [5.74, 6) is 0. The zero-order chi connectivity index (χ0) is 11.9. The summed E-state index contributed by atoms with van der Waals surface area (Å²) < 4.78 is 38.2. The Hall–Kier alpha value is -1.58. The number of nitrogens with zero attached hydrogens (tertiary/aromatic N) is 1. The molecule has 0 N–H and O–H groups in total. The highest BCUT2D eigenvalue weighted by Gasteiger charge is 2.33. The van der Waals surface area contributed by atoms with E-state index in [1.165, 1.54) is 6.07 Å². The van der Waals surface area contributed by atoms with Crippen molar-refractivity contribution in [1.82, 2.24) is 4.98 Å². The highest BCUT2D eigenvalue weighted by molar-refractivity contribution is 5.86. The molecule has 0 amide bonds. The van der Waals surface area contributed by atoms with Gasteiger partial charge in [-0.3, -0.25) is 4.98 Å². The van der Waals surface area contributed by atoms with E-state index in [9.17, 15) is 13.2 Å². The fourth-order valence-corrected chi connectivity index (χ4v) is 1.69. The van der Waals surface area contributed by atoms with Gasteiger partial charge in [0.15, 0.2) is 0 Å². The van der Waals surface area contributed by atoms with E-state index >= 15 is 0 Å². The monoisotopic (exact) mass is 224 g/mol. The SMILES string of the molecule is [CH2]c1cc(C)nc2c(C(F)(F)F)cccc12. The van der Waals surface area contributed by atoms with E-state index in [1.807, 2.05) is 0 Å². The number of alkyl halides is 3. The Bertz CT molecular complexity index is 544. The number of halogens is 3. The van der Waals surface area contributed by atoms with Crippen molar-refractivity contribution in [2.75, 3.05) is 0 Å². The molecule has 2 rings (SSSR count). The summed E-state index contributed by atoms with van der Waals surface area (Å²) in [7, 11) is 0. The van der Waals surface area contributed by atoms with Gasteiger partial charge in [0.25, 0.3) is 0 Å². The quantitative estimate of drug-likeness (QED) is 0.664. The Labute approximate surface area is 90.9 Å². The van der Waals surface area contributed by atoms with Gasteiger partial charge in [-0.15, -0.1) is 0 Å². The molecule has 0 aliphatic heterocycles. The van der Waals surface area contributed by atoms with Crippen LogP contribution in [0.5, 0.6) is 0 Å². The second-order valence-corrected chi connectivity index (χ2v) is 3.62. The van der Waals surface area contributed by atoms with Gasteiger partial charge in [-0.1, -0.05) is 12.1 Å². The molecule has 0 fully saturated rings. The van der Waals surface area contributed by atoms with E-state index in [0.717, 1.165) is 6.07 Å². The van der Waals surface area contributed by atoms with Crippen molar-refractivity contribution < 1.29 is 13.2 Å². The minimum Gasteiger partial charge on any atom is -0.252 e. The molecule has 1 aromatic carbocycles. The average molecular weight is 224 g/mol. The molecule has 0 atom stereocenters. The number of para-hydroxylation sites is 1. The molecule has 1 aromatic heterocycles. The second kappa shape index (κ2) is 3.47. The van der Waals surface area contributed by atoms with E-state index < -0.39 is 11.7 Å². The molecule has 2 aromatic rings. The highest BCUT2D eigenvalue weighted by Crippen LogP contribution is 2.34. The van der Waals surface area contributed by atoms with Crippen molar-refractivity contribution in [1.29, 1.82) is 0 Å².